The third-order valence-electron chi connectivity index (χ3n) is 4.17. The second-order valence-electron chi connectivity index (χ2n) is 5.37. The maximum absolute atomic E-state index is 2.37. The van der Waals surface area contributed by atoms with Crippen LogP contribution in [0.5, 0.6) is 0 Å². The first-order chi connectivity index (χ1) is 9.93. The van der Waals surface area contributed by atoms with Gasteiger partial charge in [0.2, 0.25) is 0 Å². The molecule has 1 atom stereocenters. The van der Waals surface area contributed by atoms with Gasteiger partial charge in [0.25, 0.3) is 0 Å². The molecule has 4 rings (SSSR count). The van der Waals surface area contributed by atoms with Crippen molar-refractivity contribution < 1.29 is 0 Å². The molecule has 98 valence electrons. The van der Waals surface area contributed by atoms with Crippen LogP contribution >= 0.6 is 11.8 Å². The van der Waals surface area contributed by atoms with E-state index in [0.717, 1.165) is 6.42 Å². The van der Waals surface area contributed by atoms with Crippen LogP contribution in [0.15, 0.2) is 82.6 Å². The fourth-order valence-electron chi connectivity index (χ4n) is 3.25. The smallest absolute Gasteiger partial charge is 0.0178 e. The maximum atomic E-state index is 2.37. The van der Waals surface area contributed by atoms with E-state index in [9.17, 15) is 0 Å². The number of hydrogen-bond acceptors (Lipinski definition) is 1. The molecule has 1 heteroatoms. The quantitative estimate of drug-likeness (QED) is 0.670. The molecule has 0 radical (unpaired) electrons. The Kier molecular flexibility index (Phi) is 3.00. The van der Waals surface area contributed by atoms with Crippen molar-refractivity contribution in [2.75, 3.05) is 0 Å². The van der Waals surface area contributed by atoms with Crippen LogP contribution in [0.1, 0.15) is 23.5 Å². The predicted octanol–water partition coefficient (Wildman–Crippen LogP) is 5.42. The van der Waals surface area contributed by atoms with E-state index in [1.807, 2.05) is 11.8 Å². The van der Waals surface area contributed by atoms with Crippen LogP contribution < -0.4 is 0 Å². The van der Waals surface area contributed by atoms with E-state index in [-0.39, 0.29) is 0 Å². The Balaban J connectivity index is 1.88. The van der Waals surface area contributed by atoms with Gasteiger partial charge in [0.05, 0.1) is 0 Å². The minimum absolute atomic E-state index is 0.491. The lowest BCUT2D eigenvalue weighted by Gasteiger charge is -2.32. The van der Waals surface area contributed by atoms with Gasteiger partial charge in [-0.25, -0.2) is 0 Å². The molecule has 0 spiro atoms. The summed E-state index contributed by atoms with van der Waals surface area (Å²) in [6.45, 7) is 0. The Bertz CT molecular complexity index is 651. The van der Waals surface area contributed by atoms with Crippen LogP contribution in [0.2, 0.25) is 0 Å². The van der Waals surface area contributed by atoms with E-state index >= 15 is 0 Å². The van der Waals surface area contributed by atoms with Crippen molar-refractivity contribution in [2.45, 2.75) is 22.1 Å². The molecule has 2 aromatic rings. The van der Waals surface area contributed by atoms with Crippen molar-refractivity contribution in [1.29, 1.82) is 0 Å². The standard InChI is InChI=1S/C19H16S/c1-2-8-14(9-3-1)19-15-10-4-6-12-17(15)20-18-13-7-5-11-16(18)19/h1-8,10-14,19H,9H2. The second-order valence-corrected chi connectivity index (χ2v) is 6.45. The first-order valence-corrected chi connectivity index (χ1v) is 7.94. The average molecular weight is 276 g/mol. The molecule has 0 N–H and O–H groups in total. The molecular weight excluding hydrogens is 260 g/mol. The van der Waals surface area contributed by atoms with Crippen molar-refractivity contribution in [3.05, 3.63) is 84.0 Å². The van der Waals surface area contributed by atoms with E-state index < -0.39 is 0 Å². The van der Waals surface area contributed by atoms with Gasteiger partial charge in [-0.05, 0) is 35.6 Å². The molecule has 1 aliphatic heterocycles. The summed E-state index contributed by atoms with van der Waals surface area (Å²) >= 11 is 1.91. The van der Waals surface area contributed by atoms with Crippen molar-refractivity contribution >= 4 is 11.8 Å². The Morgan fingerprint density at radius 3 is 2.05 bits per heavy atom. The molecule has 1 aliphatic carbocycles. The highest BCUT2D eigenvalue weighted by Gasteiger charge is 2.30. The molecule has 0 bridgehead atoms. The van der Waals surface area contributed by atoms with Crippen molar-refractivity contribution in [1.82, 2.24) is 0 Å². The van der Waals surface area contributed by atoms with Crippen LogP contribution in [0.25, 0.3) is 0 Å². The lowest BCUT2D eigenvalue weighted by Crippen LogP contribution is -2.17. The molecule has 20 heavy (non-hydrogen) atoms. The van der Waals surface area contributed by atoms with E-state index in [1.54, 1.807) is 0 Å². The monoisotopic (exact) mass is 276 g/mol. The second kappa shape index (κ2) is 4.99. The largest absolute Gasteiger partial charge is 0.0895 e. The minimum Gasteiger partial charge on any atom is -0.0895 e. The summed E-state index contributed by atoms with van der Waals surface area (Å²) in [5, 5.41) is 0. The Morgan fingerprint density at radius 2 is 1.45 bits per heavy atom. The molecule has 0 fully saturated rings. The van der Waals surface area contributed by atoms with Crippen molar-refractivity contribution in [2.24, 2.45) is 5.92 Å². The zero-order valence-corrected chi connectivity index (χ0v) is 12.0. The number of allylic oxidation sites excluding steroid dienone is 4. The molecule has 2 aliphatic rings. The first-order valence-electron chi connectivity index (χ1n) is 7.12. The third kappa shape index (κ3) is 1.94. The van der Waals surface area contributed by atoms with Crippen LogP contribution in [0.3, 0.4) is 0 Å². The lowest BCUT2D eigenvalue weighted by molar-refractivity contribution is 0.556. The highest BCUT2D eigenvalue weighted by Crippen LogP contribution is 2.49. The number of rotatable bonds is 1. The van der Waals surface area contributed by atoms with Gasteiger partial charge in [-0.1, -0.05) is 72.5 Å². The van der Waals surface area contributed by atoms with Crippen LogP contribution in [-0.4, -0.2) is 0 Å². The minimum atomic E-state index is 0.491. The molecule has 0 aromatic heterocycles. The third-order valence-corrected chi connectivity index (χ3v) is 5.35. The van der Waals surface area contributed by atoms with E-state index in [0.29, 0.717) is 11.8 Å². The van der Waals surface area contributed by atoms with Gasteiger partial charge in [0, 0.05) is 15.7 Å². The SMILES string of the molecule is C1=CCC(C2c3ccccc3Sc3ccccc32)C=C1. The summed E-state index contributed by atoms with van der Waals surface area (Å²) in [6.07, 6.45) is 10.1. The van der Waals surface area contributed by atoms with E-state index in [4.69, 9.17) is 0 Å². The summed E-state index contributed by atoms with van der Waals surface area (Å²) in [5.41, 5.74) is 2.97. The summed E-state index contributed by atoms with van der Waals surface area (Å²) in [7, 11) is 0. The molecule has 0 amide bonds. The highest BCUT2D eigenvalue weighted by atomic mass is 32.2. The number of fused-ring (bicyclic) bond motifs is 2. The topological polar surface area (TPSA) is 0 Å². The normalized spacial score (nSPS) is 20.5. The molecule has 1 unspecified atom stereocenters. The summed E-state index contributed by atoms with van der Waals surface area (Å²) in [5.74, 6) is 1.06. The number of hydrogen-bond donors (Lipinski definition) is 0. The summed E-state index contributed by atoms with van der Waals surface area (Å²) < 4.78 is 0. The van der Waals surface area contributed by atoms with Crippen molar-refractivity contribution in [3.8, 4) is 0 Å². The highest BCUT2D eigenvalue weighted by molar-refractivity contribution is 7.99. The van der Waals surface area contributed by atoms with Crippen LogP contribution in [0.4, 0.5) is 0 Å². The van der Waals surface area contributed by atoms with Gasteiger partial charge < -0.3 is 0 Å². The molecule has 0 saturated heterocycles. The Labute approximate surface area is 124 Å². The fraction of sp³-hybridized carbons (Fsp3) is 0.158. The van der Waals surface area contributed by atoms with Gasteiger partial charge in [-0.3, -0.25) is 0 Å². The van der Waals surface area contributed by atoms with Gasteiger partial charge in [-0.15, -0.1) is 0 Å². The molecule has 0 nitrogen and oxygen atoms in total. The number of benzene rings is 2. The molecule has 1 heterocycles. The molecule has 2 aromatic carbocycles. The molecular formula is C19H16S. The zero-order chi connectivity index (χ0) is 13.4. The Morgan fingerprint density at radius 1 is 0.800 bits per heavy atom. The van der Waals surface area contributed by atoms with Crippen LogP contribution in [-0.2, 0) is 0 Å². The summed E-state index contributed by atoms with van der Waals surface area (Å²) in [4.78, 5) is 2.83. The van der Waals surface area contributed by atoms with Gasteiger partial charge in [-0.2, -0.15) is 0 Å². The maximum Gasteiger partial charge on any atom is 0.0178 e. The average Bonchev–Trinajstić information content (AvgIpc) is 2.53. The van der Waals surface area contributed by atoms with Crippen molar-refractivity contribution in [3.63, 3.8) is 0 Å². The van der Waals surface area contributed by atoms with Gasteiger partial charge >= 0.3 is 0 Å². The molecule has 0 saturated carbocycles. The van der Waals surface area contributed by atoms with Crippen LogP contribution in [0, 0.1) is 5.92 Å². The van der Waals surface area contributed by atoms with E-state index in [1.165, 1.54) is 20.9 Å². The fourth-order valence-corrected chi connectivity index (χ4v) is 4.41. The lowest BCUT2D eigenvalue weighted by atomic mass is 9.77. The zero-order valence-electron chi connectivity index (χ0n) is 11.2. The van der Waals surface area contributed by atoms with Gasteiger partial charge in [0.15, 0.2) is 0 Å². The first kappa shape index (κ1) is 12.0. The van der Waals surface area contributed by atoms with E-state index in [2.05, 4.69) is 72.8 Å². The summed E-state index contributed by atoms with van der Waals surface area (Å²) in [6, 6.07) is 17.7. The van der Waals surface area contributed by atoms with Gasteiger partial charge in [0.1, 0.15) is 0 Å². The Hall–Kier alpha value is -1.73. The predicted molar refractivity (Wildman–Crippen MR) is 85.2 cm³/mol.